The molecular weight excluding hydrogens is 172 g/mol. The second kappa shape index (κ2) is 4.90. The minimum atomic E-state index is 0.599. The van der Waals surface area contributed by atoms with Crippen molar-refractivity contribution in [2.75, 3.05) is 20.3 Å². The lowest BCUT2D eigenvalue weighted by molar-refractivity contribution is 0.208. The van der Waals surface area contributed by atoms with Crippen molar-refractivity contribution in [2.24, 2.45) is 10.7 Å². The Morgan fingerprint density at radius 2 is 2.58 bits per heavy atom. The highest BCUT2D eigenvalue weighted by atomic mass is 32.1. The lowest BCUT2D eigenvalue weighted by Crippen LogP contribution is -2.13. The molecule has 66 valence electrons. The molecule has 0 amide bonds. The molecule has 0 spiro atoms. The highest BCUT2D eigenvalue weighted by Crippen LogP contribution is 2.07. The topological polar surface area (TPSA) is 47.6 Å². The fraction of sp³-hybridized carbons (Fsp3) is 0.375. The smallest absolute Gasteiger partial charge is 0.135 e. The highest BCUT2D eigenvalue weighted by molar-refractivity contribution is 7.12. The van der Waals surface area contributed by atoms with E-state index >= 15 is 0 Å². The summed E-state index contributed by atoms with van der Waals surface area (Å²) in [6.07, 6.45) is 0. The van der Waals surface area contributed by atoms with Crippen LogP contribution in [0.5, 0.6) is 0 Å². The minimum absolute atomic E-state index is 0.599. The molecule has 0 aliphatic rings. The van der Waals surface area contributed by atoms with E-state index in [1.807, 2.05) is 17.5 Å². The average Bonchev–Trinajstić information content (AvgIpc) is 2.56. The molecule has 1 rings (SSSR count). The summed E-state index contributed by atoms with van der Waals surface area (Å²) in [7, 11) is 1.65. The van der Waals surface area contributed by atoms with Crippen LogP contribution in [0.1, 0.15) is 4.88 Å². The van der Waals surface area contributed by atoms with Crippen molar-refractivity contribution < 1.29 is 4.74 Å². The van der Waals surface area contributed by atoms with Crippen LogP contribution in [0, 0.1) is 0 Å². The third kappa shape index (κ3) is 2.64. The van der Waals surface area contributed by atoms with Crippen LogP contribution in [0.25, 0.3) is 0 Å². The van der Waals surface area contributed by atoms with Crippen LogP contribution in [0.2, 0.25) is 0 Å². The number of hydrogen-bond donors (Lipinski definition) is 1. The molecule has 0 unspecified atom stereocenters. The van der Waals surface area contributed by atoms with E-state index in [2.05, 4.69) is 4.99 Å². The standard InChI is InChI=1S/C8H12N2OS/c1-11-5-4-10-8(9)7-3-2-6-12-7/h2-3,6H,4-5H2,1H3,(H2,9,10). The van der Waals surface area contributed by atoms with Gasteiger partial charge in [0.2, 0.25) is 0 Å². The van der Waals surface area contributed by atoms with Crippen LogP contribution in [0.15, 0.2) is 22.5 Å². The van der Waals surface area contributed by atoms with Gasteiger partial charge in [-0.25, -0.2) is 0 Å². The van der Waals surface area contributed by atoms with Crippen molar-refractivity contribution in [2.45, 2.75) is 0 Å². The quantitative estimate of drug-likeness (QED) is 0.433. The van der Waals surface area contributed by atoms with Crippen molar-refractivity contribution in [1.82, 2.24) is 0 Å². The Morgan fingerprint density at radius 3 is 3.17 bits per heavy atom. The summed E-state index contributed by atoms with van der Waals surface area (Å²) in [5.74, 6) is 0.599. The highest BCUT2D eigenvalue weighted by Gasteiger charge is 1.96. The largest absolute Gasteiger partial charge is 0.383 e. The zero-order chi connectivity index (χ0) is 8.81. The van der Waals surface area contributed by atoms with Gasteiger partial charge in [-0.05, 0) is 11.4 Å². The van der Waals surface area contributed by atoms with Gasteiger partial charge >= 0.3 is 0 Å². The van der Waals surface area contributed by atoms with Crippen molar-refractivity contribution >= 4 is 17.2 Å². The van der Waals surface area contributed by atoms with Gasteiger partial charge in [0.1, 0.15) is 5.84 Å². The lowest BCUT2D eigenvalue weighted by Gasteiger charge is -1.96. The predicted octanol–water partition coefficient (Wildman–Crippen LogP) is 1.10. The molecule has 0 aliphatic heterocycles. The first kappa shape index (κ1) is 9.22. The maximum Gasteiger partial charge on any atom is 0.135 e. The number of hydrogen-bond acceptors (Lipinski definition) is 3. The molecule has 0 bridgehead atoms. The monoisotopic (exact) mass is 184 g/mol. The number of ether oxygens (including phenoxy) is 1. The van der Waals surface area contributed by atoms with Crippen LogP contribution >= 0.6 is 11.3 Å². The van der Waals surface area contributed by atoms with Gasteiger partial charge in [0.05, 0.1) is 18.0 Å². The Labute approximate surface area is 75.9 Å². The molecule has 1 aromatic heterocycles. The number of nitrogens with two attached hydrogens (primary N) is 1. The van der Waals surface area contributed by atoms with Crippen LogP contribution in [-0.4, -0.2) is 26.1 Å². The Kier molecular flexibility index (Phi) is 3.76. The molecule has 1 heterocycles. The zero-order valence-corrected chi connectivity index (χ0v) is 7.80. The number of amidine groups is 1. The van der Waals surface area contributed by atoms with Crippen molar-refractivity contribution in [3.63, 3.8) is 0 Å². The Hall–Kier alpha value is -0.870. The Morgan fingerprint density at radius 1 is 1.75 bits per heavy atom. The van der Waals surface area contributed by atoms with E-state index in [4.69, 9.17) is 10.5 Å². The van der Waals surface area contributed by atoms with E-state index in [1.54, 1.807) is 18.4 Å². The molecule has 4 heteroatoms. The molecule has 2 N–H and O–H groups in total. The first-order valence-corrected chi connectivity index (χ1v) is 4.55. The van der Waals surface area contributed by atoms with E-state index in [1.165, 1.54) is 0 Å². The van der Waals surface area contributed by atoms with Gasteiger partial charge in [-0.15, -0.1) is 11.3 Å². The molecule has 12 heavy (non-hydrogen) atoms. The first-order chi connectivity index (χ1) is 5.84. The van der Waals surface area contributed by atoms with E-state index in [-0.39, 0.29) is 0 Å². The van der Waals surface area contributed by atoms with Crippen LogP contribution in [0.4, 0.5) is 0 Å². The number of rotatable bonds is 4. The molecule has 0 aliphatic carbocycles. The lowest BCUT2D eigenvalue weighted by atomic mass is 10.4. The zero-order valence-electron chi connectivity index (χ0n) is 6.99. The van der Waals surface area contributed by atoms with Gasteiger partial charge in [0, 0.05) is 7.11 Å². The van der Waals surface area contributed by atoms with E-state index in [0.29, 0.717) is 19.0 Å². The third-order valence-corrected chi connectivity index (χ3v) is 2.24. The molecule has 0 radical (unpaired) electrons. The maximum absolute atomic E-state index is 5.69. The summed E-state index contributed by atoms with van der Waals surface area (Å²) in [6.45, 7) is 1.24. The van der Waals surface area contributed by atoms with E-state index in [0.717, 1.165) is 4.88 Å². The maximum atomic E-state index is 5.69. The predicted molar refractivity (Wildman–Crippen MR) is 51.8 cm³/mol. The van der Waals surface area contributed by atoms with Gasteiger partial charge in [-0.3, -0.25) is 4.99 Å². The molecule has 0 saturated carbocycles. The normalized spacial score (nSPS) is 11.9. The van der Waals surface area contributed by atoms with Gasteiger partial charge in [0.25, 0.3) is 0 Å². The fourth-order valence-corrected chi connectivity index (χ4v) is 1.41. The van der Waals surface area contributed by atoms with Crippen LogP contribution in [0.3, 0.4) is 0 Å². The van der Waals surface area contributed by atoms with Gasteiger partial charge in [-0.1, -0.05) is 6.07 Å². The van der Waals surface area contributed by atoms with Gasteiger partial charge in [0.15, 0.2) is 0 Å². The van der Waals surface area contributed by atoms with Crippen LogP contribution in [-0.2, 0) is 4.74 Å². The summed E-state index contributed by atoms with van der Waals surface area (Å²) in [5.41, 5.74) is 5.69. The van der Waals surface area contributed by atoms with Crippen molar-refractivity contribution in [3.05, 3.63) is 22.4 Å². The van der Waals surface area contributed by atoms with Crippen molar-refractivity contribution in [1.29, 1.82) is 0 Å². The van der Waals surface area contributed by atoms with Crippen LogP contribution < -0.4 is 5.73 Å². The molecule has 0 fully saturated rings. The van der Waals surface area contributed by atoms with Gasteiger partial charge in [-0.2, -0.15) is 0 Å². The SMILES string of the molecule is COCCN=C(N)c1cccs1. The third-order valence-electron chi connectivity index (χ3n) is 1.35. The summed E-state index contributed by atoms with van der Waals surface area (Å²) in [5, 5.41) is 1.98. The Balaban J connectivity index is 2.47. The molecule has 0 aromatic carbocycles. The molecule has 0 atom stereocenters. The van der Waals surface area contributed by atoms with Crippen molar-refractivity contribution in [3.8, 4) is 0 Å². The summed E-state index contributed by atoms with van der Waals surface area (Å²) in [4.78, 5) is 5.16. The number of aliphatic imine (C=N–C) groups is 1. The molecular formula is C8H12N2OS. The number of thiophene rings is 1. The first-order valence-electron chi connectivity index (χ1n) is 3.67. The fourth-order valence-electron chi connectivity index (χ4n) is 0.760. The summed E-state index contributed by atoms with van der Waals surface area (Å²) >= 11 is 1.59. The minimum Gasteiger partial charge on any atom is -0.383 e. The van der Waals surface area contributed by atoms with E-state index in [9.17, 15) is 0 Å². The molecule has 1 aromatic rings. The summed E-state index contributed by atoms with van der Waals surface area (Å²) in [6, 6.07) is 3.91. The average molecular weight is 184 g/mol. The second-order valence-electron chi connectivity index (χ2n) is 2.24. The number of nitrogens with zero attached hydrogens (tertiary/aromatic N) is 1. The van der Waals surface area contributed by atoms with E-state index < -0.39 is 0 Å². The second-order valence-corrected chi connectivity index (χ2v) is 3.18. The molecule has 0 saturated heterocycles. The summed E-state index contributed by atoms with van der Waals surface area (Å²) < 4.78 is 4.85. The Bertz CT molecular complexity index is 244. The molecule has 3 nitrogen and oxygen atoms in total. The van der Waals surface area contributed by atoms with Gasteiger partial charge < -0.3 is 10.5 Å². The number of methoxy groups -OCH3 is 1.